The predicted octanol–water partition coefficient (Wildman–Crippen LogP) is 0.992. The van der Waals surface area contributed by atoms with Gasteiger partial charge in [-0.2, -0.15) is 0 Å². The third kappa shape index (κ3) is 5.88. The van der Waals surface area contributed by atoms with Gasteiger partial charge in [-0.15, -0.1) is 0 Å². The van der Waals surface area contributed by atoms with Gasteiger partial charge in [0.15, 0.2) is 0 Å². The summed E-state index contributed by atoms with van der Waals surface area (Å²) in [4.78, 5) is 5.24. The van der Waals surface area contributed by atoms with Crippen LogP contribution in [0.1, 0.15) is 25.7 Å². The minimum Gasteiger partial charge on any atom is -0.372 e. The summed E-state index contributed by atoms with van der Waals surface area (Å²) in [5.74, 6) is 1.67. The van der Waals surface area contributed by atoms with Crippen molar-refractivity contribution in [3.05, 3.63) is 0 Å². The number of hydrogen-bond donors (Lipinski definition) is 0. The van der Waals surface area contributed by atoms with Crippen molar-refractivity contribution < 1.29 is 18.9 Å². The second-order valence-corrected chi connectivity index (χ2v) is 9.16. The van der Waals surface area contributed by atoms with Crippen molar-refractivity contribution in [2.24, 2.45) is 11.8 Å². The molecule has 0 aromatic heterocycles. The molecular formula is C20H34N2O4. The van der Waals surface area contributed by atoms with Crippen LogP contribution in [0, 0.1) is 11.8 Å². The minimum absolute atomic E-state index is 0.487. The van der Waals surface area contributed by atoms with E-state index in [1.54, 1.807) is 0 Å². The molecule has 0 N–H and O–H groups in total. The molecule has 6 atom stereocenters. The maximum atomic E-state index is 5.48. The zero-order valence-electron chi connectivity index (χ0n) is 15.9. The molecule has 5 fully saturated rings. The molecule has 148 valence electrons. The maximum Gasteiger partial charge on any atom is 0.0936 e. The molecule has 0 spiro atoms. The third-order valence-electron chi connectivity index (χ3n) is 6.38. The van der Waals surface area contributed by atoms with E-state index in [-0.39, 0.29) is 0 Å². The molecule has 6 nitrogen and oxygen atoms in total. The van der Waals surface area contributed by atoms with Crippen LogP contribution in [-0.2, 0) is 18.9 Å². The lowest BCUT2D eigenvalue weighted by Gasteiger charge is -2.35. The quantitative estimate of drug-likeness (QED) is 0.480. The summed E-state index contributed by atoms with van der Waals surface area (Å²) < 4.78 is 21.9. The Morgan fingerprint density at radius 3 is 1.19 bits per heavy atom. The highest BCUT2D eigenvalue weighted by Crippen LogP contribution is 2.32. The molecule has 6 heteroatoms. The summed E-state index contributed by atoms with van der Waals surface area (Å²) in [5, 5.41) is 0. The van der Waals surface area contributed by atoms with Gasteiger partial charge in [-0.05, 0) is 31.1 Å². The zero-order valence-corrected chi connectivity index (χ0v) is 15.9. The van der Waals surface area contributed by atoms with Gasteiger partial charge in [-0.3, -0.25) is 9.80 Å². The molecule has 0 aromatic rings. The molecule has 0 aromatic carbocycles. The van der Waals surface area contributed by atoms with E-state index in [4.69, 9.17) is 18.9 Å². The maximum absolute atomic E-state index is 5.48. The van der Waals surface area contributed by atoms with E-state index in [1.807, 2.05) is 0 Å². The number of rotatable bonds is 12. The van der Waals surface area contributed by atoms with Gasteiger partial charge in [0.2, 0.25) is 0 Å². The second-order valence-electron chi connectivity index (χ2n) is 9.16. The minimum atomic E-state index is 0.487. The Morgan fingerprint density at radius 1 is 0.538 bits per heavy atom. The fraction of sp³-hybridized carbons (Fsp3) is 1.00. The fourth-order valence-corrected chi connectivity index (χ4v) is 4.76. The lowest BCUT2D eigenvalue weighted by molar-refractivity contribution is 0.125. The van der Waals surface area contributed by atoms with Gasteiger partial charge >= 0.3 is 0 Å². The topological polar surface area (TPSA) is 56.6 Å². The summed E-state index contributed by atoms with van der Waals surface area (Å²) >= 11 is 0. The predicted molar refractivity (Wildman–Crippen MR) is 97.3 cm³/mol. The molecule has 5 aliphatic rings. The summed E-state index contributed by atoms with van der Waals surface area (Å²) in [5.41, 5.74) is 0. The van der Waals surface area contributed by atoms with Gasteiger partial charge in [-0.25, -0.2) is 0 Å². The molecule has 5 rings (SSSR count). The molecule has 4 saturated heterocycles. The van der Waals surface area contributed by atoms with E-state index in [0.29, 0.717) is 24.4 Å². The molecule has 1 saturated carbocycles. The van der Waals surface area contributed by atoms with Crippen LogP contribution >= 0.6 is 0 Å². The normalized spacial score (nSPS) is 40.8. The largest absolute Gasteiger partial charge is 0.372 e. The molecule has 6 unspecified atom stereocenters. The van der Waals surface area contributed by atoms with Crippen molar-refractivity contribution >= 4 is 0 Å². The Morgan fingerprint density at radius 2 is 0.885 bits per heavy atom. The van der Waals surface area contributed by atoms with Crippen LogP contribution in [-0.4, -0.2) is 99.9 Å². The highest BCUT2D eigenvalue weighted by Gasteiger charge is 2.35. The Kier molecular flexibility index (Phi) is 5.50. The van der Waals surface area contributed by atoms with Gasteiger partial charge in [0.05, 0.1) is 50.8 Å². The number of ether oxygens (including phenoxy) is 4. The first-order valence-electron chi connectivity index (χ1n) is 10.7. The van der Waals surface area contributed by atoms with E-state index in [2.05, 4.69) is 9.80 Å². The summed E-state index contributed by atoms with van der Waals surface area (Å²) in [6.07, 6.45) is 7.49. The van der Waals surface area contributed by atoms with Crippen molar-refractivity contribution in [3.8, 4) is 0 Å². The van der Waals surface area contributed by atoms with E-state index in [9.17, 15) is 0 Å². The Bertz CT molecular complexity index is 395. The third-order valence-corrected chi connectivity index (χ3v) is 6.38. The number of nitrogens with zero attached hydrogens (tertiary/aromatic N) is 2. The van der Waals surface area contributed by atoms with Crippen LogP contribution in [0.5, 0.6) is 0 Å². The van der Waals surface area contributed by atoms with Crippen LogP contribution in [0.4, 0.5) is 0 Å². The van der Waals surface area contributed by atoms with Gasteiger partial charge in [0.1, 0.15) is 0 Å². The first kappa shape index (κ1) is 17.8. The van der Waals surface area contributed by atoms with Crippen molar-refractivity contribution in [2.45, 2.75) is 50.1 Å². The smallest absolute Gasteiger partial charge is 0.0936 e. The summed E-state index contributed by atoms with van der Waals surface area (Å²) in [6.45, 7) is 10.7. The Balaban J connectivity index is 1.10. The molecule has 0 amide bonds. The second kappa shape index (κ2) is 8.02. The Hall–Kier alpha value is -0.240. The molecule has 4 heterocycles. The van der Waals surface area contributed by atoms with Crippen LogP contribution in [0.25, 0.3) is 0 Å². The molecular weight excluding hydrogens is 332 g/mol. The van der Waals surface area contributed by atoms with Gasteiger partial charge in [-0.1, -0.05) is 6.42 Å². The van der Waals surface area contributed by atoms with Crippen LogP contribution in [0.15, 0.2) is 0 Å². The van der Waals surface area contributed by atoms with Gasteiger partial charge in [0, 0.05) is 39.3 Å². The standard InChI is InChI=1S/C20H34N2O4/c1-2-15(5-21(7-17-11-23-17)8-18-12-24-18)4-16(3-1)6-22(9-19-13-25-19)10-20-14-26-20/h15-20H,1-14H2. The average molecular weight is 367 g/mol. The van der Waals surface area contributed by atoms with E-state index in [0.717, 1.165) is 64.4 Å². The lowest BCUT2D eigenvalue weighted by atomic mass is 9.80. The highest BCUT2D eigenvalue weighted by molar-refractivity contribution is 4.86. The van der Waals surface area contributed by atoms with Crippen molar-refractivity contribution in [3.63, 3.8) is 0 Å². The van der Waals surface area contributed by atoms with Crippen molar-refractivity contribution in [1.29, 1.82) is 0 Å². The highest BCUT2D eigenvalue weighted by atomic mass is 16.6. The van der Waals surface area contributed by atoms with Crippen LogP contribution in [0.2, 0.25) is 0 Å². The zero-order chi connectivity index (χ0) is 17.3. The van der Waals surface area contributed by atoms with Crippen molar-refractivity contribution in [2.75, 3.05) is 65.7 Å². The van der Waals surface area contributed by atoms with Crippen LogP contribution in [0.3, 0.4) is 0 Å². The van der Waals surface area contributed by atoms with E-state index >= 15 is 0 Å². The van der Waals surface area contributed by atoms with E-state index in [1.165, 1.54) is 38.8 Å². The van der Waals surface area contributed by atoms with Crippen molar-refractivity contribution in [1.82, 2.24) is 9.80 Å². The Labute approximate surface area is 157 Å². The molecule has 1 aliphatic carbocycles. The number of hydrogen-bond acceptors (Lipinski definition) is 6. The number of epoxide rings is 4. The summed E-state index contributed by atoms with van der Waals surface area (Å²) in [6, 6.07) is 0. The SMILES string of the molecule is C1CC(CN(CC2CO2)CC2CO2)CC(CN(CC2CO2)CC2CO2)C1. The monoisotopic (exact) mass is 366 g/mol. The lowest BCUT2D eigenvalue weighted by Crippen LogP contribution is -2.40. The molecule has 0 radical (unpaired) electrons. The van der Waals surface area contributed by atoms with E-state index < -0.39 is 0 Å². The fourth-order valence-electron chi connectivity index (χ4n) is 4.76. The van der Waals surface area contributed by atoms with Gasteiger partial charge < -0.3 is 18.9 Å². The van der Waals surface area contributed by atoms with Crippen LogP contribution < -0.4 is 0 Å². The molecule has 26 heavy (non-hydrogen) atoms. The first-order valence-corrected chi connectivity index (χ1v) is 10.7. The van der Waals surface area contributed by atoms with Gasteiger partial charge in [0.25, 0.3) is 0 Å². The summed E-state index contributed by atoms with van der Waals surface area (Å²) in [7, 11) is 0. The average Bonchev–Trinajstić information content (AvgIpc) is 3.40. The molecule has 4 aliphatic heterocycles. The molecule has 0 bridgehead atoms. The first-order chi connectivity index (χ1) is 12.8.